The van der Waals surface area contributed by atoms with Crippen LogP contribution in [0.4, 0.5) is 0 Å². The minimum Gasteiger partial charge on any atom is -0.496 e. The third kappa shape index (κ3) is 5.60. The van der Waals surface area contributed by atoms with Crippen molar-refractivity contribution in [2.75, 3.05) is 14.2 Å². The lowest BCUT2D eigenvalue weighted by Crippen LogP contribution is -2.37. The Morgan fingerprint density at radius 1 is 1.25 bits per heavy atom. The second kappa shape index (κ2) is 10.1. The molecule has 8 nitrogen and oxygen atoms in total. The normalized spacial score (nSPS) is 18.3. The van der Waals surface area contributed by atoms with Crippen LogP contribution in [-0.2, 0) is 11.3 Å². The molecule has 0 radical (unpaired) electrons. The number of rotatable bonds is 11. The van der Waals surface area contributed by atoms with Crippen LogP contribution in [0.5, 0.6) is 11.5 Å². The fraction of sp³-hybridized carbons (Fsp3) is 0.542. The van der Waals surface area contributed by atoms with Crippen molar-refractivity contribution in [3.05, 3.63) is 30.0 Å². The van der Waals surface area contributed by atoms with E-state index in [1.54, 1.807) is 20.3 Å². The molecule has 0 spiro atoms. The van der Waals surface area contributed by atoms with Crippen molar-refractivity contribution in [3.8, 4) is 22.8 Å². The summed E-state index contributed by atoms with van der Waals surface area (Å²) in [5.41, 5.74) is 1.73. The van der Waals surface area contributed by atoms with Gasteiger partial charge in [0.05, 0.1) is 31.9 Å². The predicted octanol–water partition coefficient (Wildman–Crippen LogP) is 3.84. The van der Waals surface area contributed by atoms with Crippen molar-refractivity contribution in [2.24, 2.45) is 17.8 Å². The Morgan fingerprint density at radius 3 is 2.38 bits per heavy atom. The van der Waals surface area contributed by atoms with Crippen LogP contribution in [0.15, 0.2) is 24.3 Å². The number of carboxylic acid groups (broad SMARTS) is 1. The lowest BCUT2D eigenvalue weighted by atomic mass is 10.0. The van der Waals surface area contributed by atoms with Crippen molar-refractivity contribution in [1.29, 1.82) is 0 Å². The minimum atomic E-state index is -0.941. The average Bonchev–Trinajstić information content (AvgIpc) is 3.26. The number of carbonyl (C=O) groups excluding carboxylic acids is 1. The number of nitrogens with zero attached hydrogens (tertiary/aromatic N) is 2. The van der Waals surface area contributed by atoms with E-state index in [-0.39, 0.29) is 23.9 Å². The Labute approximate surface area is 188 Å². The van der Waals surface area contributed by atoms with Gasteiger partial charge in [-0.3, -0.25) is 14.3 Å². The zero-order valence-corrected chi connectivity index (χ0v) is 19.4. The summed E-state index contributed by atoms with van der Waals surface area (Å²) >= 11 is 0. The molecular formula is C24H33N3O5. The van der Waals surface area contributed by atoms with E-state index in [0.717, 1.165) is 17.7 Å². The summed E-state index contributed by atoms with van der Waals surface area (Å²) < 4.78 is 13.0. The van der Waals surface area contributed by atoms with Gasteiger partial charge in [0.1, 0.15) is 11.5 Å². The van der Waals surface area contributed by atoms with Gasteiger partial charge in [0, 0.05) is 12.6 Å². The van der Waals surface area contributed by atoms with Crippen LogP contribution >= 0.6 is 0 Å². The zero-order valence-electron chi connectivity index (χ0n) is 19.4. The van der Waals surface area contributed by atoms with Crippen LogP contribution in [0.1, 0.15) is 50.5 Å². The number of aliphatic carboxylic acids is 1. The van der Waals surface area contributed by atoms with Crippen LogP contribution in [0.25, 0.3) is 11.3 Å². The molecule has 0 bridgehead atoms. The molecule has 174 valence electrons. The van der Waals surface area contributed by atoms with Crippen molar-refractivity contribution in [1.82, 2.24) is 15.1 Å². The molecule has 0 aliphatic heterocycles. The number of ether oxygens (including phenoxy) is 2. The second-order valence-corrected chi connectivity index (χ2v) is 9.01. The average molecular weight is 444 g/mol. The summed E-state index contributed by atoms with van der Waals surface area (Å²) in [5, 5.41) is 16.7. The molecular weight excluding hydrogens is 410 g/mol. The summed E-state index contributed by atoms with van der Waals surface area (Å²) in [6, 6.07) is 6.81. The Bertz CT molecular complexity index is 946. The van der Waals surface area contributed by atoms with E-state index in [9.17, 15) is 14.7 Å². The number of carbonyl (C=O) groups is 2. The first-order valence-corrected chi connectivity index (χ1v) is 11.0. The number of nitrogens with one attached hydrogen (secondary N) is 1. The first-order valence-electron chi connectivity index (χ1n) is 11.0. The van der Waals surface area contributed by atoms with Crippen LogP contribution < -0.4 is 14.8 Å². The molecule has 3 atom stereocenters. The fourth-order valence-corrected chi connectivity index (χ4v) is 4.08. The van der Waals surface area contributed by atoms with Crippen molar-refractivity contribution in [3.63, 3.8) is 0 Å². The van der Waals surface area contributed by atoms with Crippen LogP contribution in [0, 0.1) is 17.8 Å². The molecule has 1 aromatic heterocycles. The molecule has 2 N–H and O–H groups in total. The number of amides is 1. The van der Waals surface area contributed by atoms with E-state index in [0.29, 0.717) is 36.3 Å². The van der Waals surface area contributed by atoms with Crippen molar-refractivity contribution >= 4 is 11.9 Å². The SMILES string of the molecule is COc1cccc(OC)c1-c1cc(C(=O)N[C@H](CC(=O)O)CC(C)C)nn1CC1CC1C. The lowest BCUT2D eigenvalue weighted by molar-refractivity contribution is -0.137. The molecule has 0 saturated heterocycles. The second-order valence-electron chi connectivity index (χ2n) is 9.01. The van der Waals surface area contributed by atoms with Gasteiger partial charge >= 0.3 is 5.97 Å². The summed E-state index contributed by atoms with van der Waals surface area (Å²) in [6.07, 6.45) is 1.57. The molecule has 1 heterocycles. The quantitative estimate of drug-likeness (QED) is 0.547. The summed E-state index contributed by atoms with van der Waals surface area (Å²) in [5.74, 6) is 1.32. The standard InChI is InChI=1S/C24H33N3O5/c1-14(2)9-17(11-22(28)29)25-24(30)18-12-19(27(26-18)13-16-10-15(16)3)23-20(31-4)7-6-8-21(23)32-5/h6-8,12,14-17H,9-11,13H2,1-5H3,(H,25,30)(H,28,29)/t15?,16?,17-/m0/s1. The van der Waals surface area contributed by atoms with Gasteiger partial charge in [-0.25, -0.2) is 0 Å². The molecule has 8 heteroatoms. The van der Waals surface area contributed by atoms with Gasteiger partial charge in [-0.05, 0) is 48.8 Å². The van der Waals surface area contributed by atoms with Crippen molar-refractivity contribution in [2.45, 2.75) is 52.6 Å². The third-order valence-corrected chi connectivity index (χ3v) is 5.89. The number of methoxy groups -OCH3 is 2. The summed E-state index contributed by atoms with van der Waals surface area (Å²) in [4.78, 5) is 24.3. The minimum absolute atomic E-state index is 0.128. The van der Waals surface area contributed by atoms with Crippen LogP contribution in [-0.4, -0.2) is 47.0 Å². The van der Waals surface area contributed by atoms with E-state index in [4.69, 9.17) is 9.47 Å². The molecule has 1 aliphatic carbocycles. The highest BCUT2D eigenvalue weighted by molar-refractivity contribution is 5.94. The zero-order chi connectivity index (χ0) is 23.4. The molecule has 1 aromatic carbocycles. The Hall–Kier alpha value is -3.03. The smallest absolute Gasteiger partial charge is 0.305 e. The van der Waals surface area contributed by atoms with Gasteiger partial charge in [-0.15, -0.1) is 0 Å². The van der Waals surface area contributed by atoms with Gasteiger partial charge in [-0.2, -0.15) is 5.10 Å². The number of hydrogen-bond donors (Lipinski definition) is 2. The highest BCUT2D eigenvalue weighted by Crippen LogP contribution is 2.42. The number of hydrogen-bond acceptors (Lipinski definition) is 5. The number of benzene rings is 1. The molecule has 1 fully saturated rings. The molecule has 3 rings (SSSR count). The van der Waals surface area contributed by atoms with Crippen LogP contribution in [0.3, 0.4) is 0 Å². The highest BCUT2D eigenvalue weighted by atomic mass is 16.5. The molecule has 1 aliphatic rings. The monoisotopic (exact) mass is 443 g/mol. The molecule has 1 saturated carbocycles. The van der Waals surface area contributed by atoms with Crippen molar-refractivity contribution < 1.29 is 24.2 Å². The topological polar surface area (TPSA) is 103 Å². The Balaban J connectivity index is 1.97. The summed E-state index contributed by atoms with van der Waals surface area (Å²) in [6.45, 7) is 6.89. The molecule has 1 amide bonds. The Morgan fingerprint density at radius 2 is 1.88 bits per heavy atom. The predicted molar refractivity (Wildman–Crippen MR) is 121 cm³/mol. The van der Waals surface area contributed by atoms with Gasteiger partial charge in [0.2, 0.25) is 0 Å². The van der Waals surface area contributed by atoms with E-state index in [1.165, 1.54) is 0 Å². The highest BCUT2D eigenvalue weighted by Gasteiger charge is 2.34. The van der Waals surface area contributed by atoms with Gasteiger partial charge in [-0.1, -0.05) is 26.8 Å². The van der Waals surface area contributed by atoms with Gasteiger partial charge < -0.3 is 19.9 Å². The summed E-state index contributed by atoms with van der Waals surface area (Å²) in [7, 11) is 3.19. The van der Waals surface area contributed by atoms with E-state index in [1.807, 2.05) is 36.7 Å². The largest absolute Gasteiger partial charge is 0.496 e. The first-order chi connectivity index (χ1) is 15.2. The number of carboxylic acids is 1. The van der Waals surface area contributed by atoms with Gasteiger partial charge in [0.25, 0.3) is 5.91 Å². The fourth-order valence-electron chi connectivity index (χ4n) is 4.08. The lowest BCUT2D eigenvalue weighted by Gasteiger charge is -2.18. The van der Waals surface area contributed by atoms with E-state index >= 15 is 0 Å². The van der Waals surface area contributed by atoms with E-state index < -0.39 is 12.0 Å². The molecule has 2 unspecified atom stereocenters. The maximum absolute atomic E-state index is 13.0. The number of aromatic nitrogens is 2. The van der Waals surface area contributed by atoms with Gasteiger partial charge in [0.15, 0.2) is 5.69 Å². The van der Waals surface area contributed by atoms with E-state index in [2.05, 4.69) is 17.3 Å². The maximum Gasteiger partial charge on any atom is 0.305 e. The first kappa shape index (κ1) is 23.6. The Kier molecular flexibility index (Phi) is 7.43. The maximum atomic E-state index is 13.0. The third-order valence-electron chi connectivity index (χ3n) is 5.89. The molecule has 32 heavy (non-hydrogen) atoms. The molecule has 2 aromatic rings. The van der Waals surface area contributed by atoms with Crippen LogP contribution in [0.2, 0.25) is 0 Å².